The van der Waals surface area contributed by atoms with Crippen molar-refractivity contribution in [3.05, 3.63) is 28.8 Å². The molecule has 0 spiro atoms. The van der Waals surface area contributed by atoms with Crippen LogP contribution in [0.1, 0.15) is 33.3 Å². The number of hydrogen-bond donors (Lipinski definition) is 2. The molecule has 0 saturated heterocycles. The topological polar surface area (TPSA) is 72.2 Å². The molecule has 1 aromatic rings. The lowest BCUT2D eigenvalue weighted by atomic mass is 9.82. The molecular formula is C14H23ClN2O2S. The number of rotatable bonds is 5. The average molecular weight is 319 g/mol. The zero-order valence-corrected chi connectivity index (χ0v) is 14.0. The van der Waals surface area contributed by atoms with Gasteiger partial charge in [0.05, 0.1) is 5.02 Å². The van der Waals surface area contributed by atoms with E-state index in [4.69, 9.17) is 17.3 Å². The van der Waals surface area contributed by atoms with Crippen LogP contribution in [-0.2, 0) is 16.6 Å². The quantitative estimate of drug-likeness (QED) is 0.876. The van der Waals surface area contributed by atoms with Gasteiger partial charge in [-0.3, -0.25) is 0 Å². The molecular weight excluding hydrogens is 296 g/mol. The predicted molar refractivity (Wildman–Crippen MR) is 83.2 cm³/mol. The van der Waals surface area contributed by atoms with Crippen LogP contribution in [0.25, 0.3) is 0 Å². The second-order valence-electron chi connectivity index (χ2n) is 6.09. The number of nitrogens with one attached hydrogen (secondary N) is 1. The predicted octanol–water partition coefficient (Wildman–Crippen LogP) is 2.76. The molecule has 0 aliphatic rings. The zero-order chi connectivity index (χ0) is 15.6. The lowest BCUT2D eigenvalue weighted by Gasteiger charge is -2.27. The maximum absolute atomic E-state index is 12.3. The van der Waals surface area contributed by atoms with Crippen molar-refractivity contribution >= 4 is 21.6 Å². The standard InChI is InChI=1S/C14H23ClN2O2S/c1-10(14(2,3)4)9-17-20(18,19)13-6-5-11(8-16)7-12(13)15/h5-7,10,17H,8-9,16H2,1-4H3. The van der Waals surface area contributed by atoms with Crippen molar-refractivity contribution in [1.82, 2.24) is 4.72 Å². The molecule has 20 heavy (non-hydrogen) atoms. The van der Waals surface area contributed by atoms with Crippen LogP contribution in [0.4, 0.5) is 0 Å². The van der Waals surface area contributed by atoms with E-state index >= 15 is 0 Å². The highest BCUT2D eigenvalue weighted by Gasteiger charge is 2.24. The first-order valence-electron chi connectivity index (χ1n) is 6.56. The highest BCUT2D eigenvalue weighted by Crippen LogP contribution is 2.26. The van der Waals surface area contributed by atoms with E-state index < -0.39 is 10.0 Å². The Morgan fingerprint density at radius 3 is 2.40 bits per heavy atom. The van der Waals surface area contributed by atoms with Crippen molar-refractivity contribution in [2.45, 2.75) is 39.1 Å². The van der Waals surface area contributed by atoms with Crippen LogP contribution in [-0.4, -0.2) is 15.0 Å². The monoisotopic (exact) mass is 318 g/mol. The molecule has 1 atom stereocenters. The van der Waals surface area contributed by atoms with Gasteiger partial charge in [-0.05, 0) is 29.0 Å². The molecule has 0 fully saturated rings. The minimum atomic E-state index is -3.59. The van der Waals surface area contributed by atoms with Crippen LogP contribution in [0.3, 0.4) is 0 Å². The van der Waals surface area contributed by atoms with Gasteiger partial charge in [0.25, 0.3) is 0 Å². The van der Waals surface area contributed by atoms with Crippen LogP contribution in [0, 0.1) is 11.3 Å². The number of hydrogen-bond acceptors (Lipinski definition) is 3. The van der Waals surface area contributed by atoms with Crippen molar-refractivity contribution < 1.29 is 8.42 Å². The maximum Gasteiger partial charge on any atom is 0.242 e. The Kier molecular flexibility index (Phi) is 5.61. The molecule has 0 aliphatic heterocycles. The first-order valence-corrected chi connectivity index (χ1v) is 8.42. The molecule has 0 saturated carbocycles. The summed E-state index contributed by atoms with van der Waals surface area (Å²) in [4.78, 5) is 0.0949. The summed E-state index contributed by atoms with van der Waals surface area (Å²) in [5, 5.41) is 0.198. The SMILES string of the molecule is CC(CNS(=O)(=O)c1ccc(CN)cc1Cl)C(C)(C)C. The molecule has 0 amide bonds. The highest BCUT2D eigenvalue weighted by molar-refractivity contribution is 7.89. The van der Waals surface area contributed by atoms with E-state index in [1.165, 1.54) is 6.07 Å². The third-order valence-electron chi connectivity index (χ3n) is 3.58. The minimum absolute atomic E-state index is 0.0374. The van der Waals surface area contributed by atoms with E-state index in [2.05, 4.69) is 25.5 Å². The smallest absolute Gasteiger partial charge is 0.242 e. The van der Waals surface area contributed by atoms with E-state index in [0.29, 0.717) is 13.1 Å². The molecule has 3 N–H and O–H groups in total. The fourth-order valence-corrected chi connectivity index (χ4v) is 3.20. The van der Waals surface area contributed by atoms with Gasteiger partial charge in [0, 0.05) is 13.1 Å². The van der Waals surface area contributed by atoms with E-state index in [-0.39, 0.29) is 21.3 Å². The van der Waals surface area contributed by atoms with Gasteiger partial charge in [-0.25, -0.2) is 13.1 Å². The Morgan fingerprint density at radius 2 is 1.95 bits per heavy atom. The van der Waals surface area contributed by atoms with Gasteiger partial charge in [0.2, 0.25) is 10.0 Å². The van der Waals surface area contributed by atoms with E-state index in [0.717, 1.165) is 5.56 Å². The van der Waals surface area contributed by atoms with Crippen molar-refractivity contribution in [2.24, 2.45) is 17.1 Å². The first-order chi connectivity index (χ1) is 9.08. The van der Waals surface area contributed by atoms with Crippen molar-refractivity contribution in [3.8, 4) is 0 Å². The number of halogens is 1. The Labute approximate surface area is 126 Å². The zero-order valence-electron chi connectivity index (χ0n) is 12.4. The van der Waals surface area contributed by atoms with Crippen LogP contribution in [0.5, 0.6) is 0 Å². The van der Waals surface area contributed by atoms with E-state index in [1.54, 1.807) is 12.1 Å². The molecule has 114 valence electrons. The fourth-order valence-electron chi connectivity index (χ4n) is 1.51. The molecule has 0 aromatic heterocycles. The molecule has 1 rings (SSSR count). The lowest BCUT2D eigenvalue weighted by molar-refractivity contribution is 0.263. The third-order valence-corrected chi connectivity index (χ3v) is 5.49. The van der Waals surface area contributed by atoms with Crippen molar-refractivity contribution in [2.75, 3.05) is 6.54 Å². The molecule has 6 heteroatoms. The number of nitrogens with two attached hydrogens (primary N) is 1. The van der Waals surface area contributed by atoms with Gasteiger partial charge in [-0.1, -0.05) is 45.4 Å². The first kappa shape index (κ1) is 17.4. The van der Waals surface area contributed by atoms with Crippen molar-refractivity contribution in [1.29, 1.82) is 0 Å². The summed E-state index contributed by atoms with van der Waals surface area (Å²) in [6.45, 7) is 8.95. The summed E-state index contributed by atoms with van der Waals surface area (Å²) in [6.07, 6.45) is 0. The Bertz CT molecular complexity index is 565. The third kappa shape index (κ3) is 4.45. The van der Waals surface area contributed by atoms with Gasteiger partial charge < -0.3 is 5.73 Å². The summed E-state index contributed by atoms with van der Waals surface area (Å²) >= 11 is 6.02. The fraction of sp³-hybridized carbons (Fsp3) is 0.571. The summed E-state index contributed by atoms with van der Waals surface area (Å²) in [6, 6.07) is 4.76. The van der Waals surface area contributed by atoms with E-state index in [1.807, 2.05) is 6.92 Å². The molecule has 4 nitrogen and oxygen atoms in total. The molecule has 0 aliphatic carbocycles. The second kappa shape index (κ2) is 6.43. The average Bonchev–Trinajstić information content (AvgIpc) is 2.34. The largest absolute Gasteiger partial charge is 0.326 e. The van der Waals surface area contributed by atoms with E-state index in [9.17, 15) is 8.42 Å². The minimum Gasteiger partial charge on any atom is -0.326 e. The van der Waals surface area contributed by atoms with Gasteiger partial charge in [0.15, 0.2) is 0 Å². The van der Waals surface area contributed by atoms with Gasteiger partial charge in [-0.15, -0.1) is 0 Å². The summed E-state index contributed by atoms with van der Waals surface area (Å²) in [5.74, 6) is 0.208. The van der Waals surface area contributed by atoms with Crippen LogP contribution < -0.4 is 10.5 Å². The van der Waals surface area contributed by atoms with Gasteiger partial charge in [-0.2, -0.15) is 0 Å². The molecule has 0 radical (unpaired) electrons. The van der Waals surface area contributed by atoms with Gasteiger partial charge in [0.1, 0.15) is 4.90 Å². The van der Waals surface area contributed by atoms with Gasteiger partial charge >= 0.3 is 0 Å². The van der Waals surface area contributed by atoms with Crippen LogP contribution in [0.2, 0.25) is 5.02 Å². The Balaban J connectivity index is 2.90. The normalized spacial score (nSPS) is 14.3. The Hall–Kier alpha value is -0.620. The maximum atomic E-state index is 12.3. The Morgan fingerprint density at radius 1 is 1.35 bits per heavy atom. The number of sulfonamides is 1. The van der Waals surface area contributed by atoms with Crippen LogP contribution >= 0.6 is 11.6 Å². The molecule has 0 bridgehead atoms. The molecule has 1 unspecified atom stereocenters. The molecule has 1 aromatic carbocycles. The second-order valence-corrected chi connectivity index (χ2v) is 8.23. The van der Waals surface area contributed by atoms with Crippen molar-refractivity contribution in [3.63, 3.8) is 0 Å². The van der Waals surface area contributed by atoms with Crippen LogP contribution in [0.15, 0.2) is 23.1 Å². The molecule has 0 heterocycles. The lowest BCUT2D eigenvalue weighted by Crippen LogP contribution is -2.33. The summed E-state index contributed by atoms with van der Waals surface area (Å²) in [7, 11) is -3.59. The highest BCUT2D eigenvalue weighted by atomic mass is 35.5. The summed E-state index contributed by atoms with van der Waals surface area (Å²) < 4.78 is 27.1. The number of benzene rings is 1. The summed E-state index contributed by atoms with van der Waals surface area (Å²) in [5.41, 5.74) is 6.34.